The van der Waals surface area contributed by atoms with Crippen molar-refractivity contribution in [3.63, 3.8) is 0 Å². The smallest absolute Gasteiger partial charge is 0.302 e. The third-order valence-corrected chi connectivity index (χ3v) is 11.0. The van der Waals surface area contributed by atoms with Crippen molar-refractivity contribution in [2.45, 2.75) is 84.5 Å². The van der Waals surface area contributed by atoms with Crippen molar-refractivity contribution < 1.29 is 28.3 Å². The van der Waals surface area contributed by atoms with E-state index in [0.29, 0.717) is 6.42 Å². The maximum Gasteiger partial charge on any atom is 0.302 e. The van der Waals surface area contributed by atoms with E-state index in [9.17, 15) is 14.4 Å². The van der Waals surface area contributed by atoms with Crippen LogP contribution in [0, 0.1) is 33.5 Å². The summed E-state index contributed by atoms with van der Waals surface area (Å²) in [5.74, 6) is -0.280. The van der Waals surface area contributed by atoms with Gasteiger partial charge in [0.25, 0.3) is 0 Å². The molecule has 1 aliphatic heterocycles. The van der Waals surface area contributed by atoms with E-state index in [0.717, 1.165) is 18.4 Å². The van der Waals surface area contributed by atoms with Gasteiger partial charge in [-0.3, -0.25) is 14.4 Å². The molecule has 6 heteroatoms. The van der Waals surface area contributed by atoms with E-state index < -0.39 is 34.1 Å². The number of epoxide rings is 1. The fraction of sp³-hybridized carbons (Fsp3) is 0.679. The van der Waals surface area contributed by atoms with Gasteiger partial charge in [0.2, 0.25) is 0 Å². The third-order valence-electron chi connectivity index (χ3n) is 11.0. The van der Waals surface area contributed by atoms with Gasteiger partial charge in [-0.2, -0.15) is 0 Å². The Bertz CT molecular complexity index is 1130. The van der Waals surface area contributed by atoms with Gasteiger partial charge >= 0.3 is 5.97 Å². The number of carbonyl (C=O) groups excluding carboxylic acids is 3. The van der Waals surface area contributed by atoms with E-state index in [2.05, 4.69) is 26.8 Å². The second-order valence-electron chi connectivity index (χ2n) is 12.6. The van der Waals surface area contributed by atoms with Crippen LogP contribution in [0.1, 0.15) is 72.3 Å². The van der Waals surface area contributed by atoms with Gasteiger partial charge in [-0.1, -0.05) is 40.7 Å². The van der Waals surface area contributed by atoms with Crippen LogP contribution in [0.2, 0.25) is 0 Å². The number of rotatable bonds is 2. The first-order chi connectivity index (χ1) is 15.9. The molecule has 1 aromatic heterocycles. The van der Waals surface area contributed by atoms with E-state index in [1.54, 1.807) is 18.6 Å². The summed E-state index contributed by atoms with van der Waals surface area (Å²) in [6.07, 6.45) is 8.49. The number of furan rings is 1. The van der Waals surface area contributed by atoms with Crippen LogP contribution in [-0.4, -0.2) is 35.3 Å². The molecule has 4 aliphatic carbocycles. The van der Waals surface area contributed by atoms with E-state index in [-0.39, 0.29) is 40.7 Å². The number of allylic oxidation sites excluding steroid dienone is 2. The molecule has 1 unspecified atom stereocenters. The van der Waals surface area contributed by atoms with E-state index in [1.807, 2.05) is 19.9 Å². The molecular formula is C28H34O6. The van der Waals surface area contributed by atoms with E-state index >= 15 is 0 Å². The number of fused-ring (bicyclic) bond motifs is 3. The van der Waals surface area contributed by atoms with Crippen LogP contribution in [0.3, 0.4) is 0 Å². The predicted molar refractivity (Wildman–Crippen MR) is 123 cm³/mol. The second-order valence-corrected chi connectivity index (χ2v) is 12.6. The van der Waals surface area contributed by atoms with Crippen LogP contribution in [0.4, 0.5) is 0 Å². The molecule has 6 nitrogen and oxygen atoms in total. The molecule has 182 valence electrons. The lowest BCUT2D eigenvalue weighted by Gasteiger charge is -2.67. The Morgan fingerprint density at radius 1 is 1.12 bits per heavy atom. The maximum absolute atomic E-state index is 13.7. The Kier molecular flexibility index (Phi) is 4.13. The molecule has 1 aromatic rings. The summed E-state index contributed by atoms with van der Waals surface area (Å²) in [7, 11) is 0. The Morgan fingerprint density at radius 2 is 1.85 bits per heavy atom. The molecule has 0 aromatic carbocycles. The Labute approximate surface area is 200 Å². The zero-order valence-electron chi connectivity index (χ0n) is 20.8. The number of hydrogen-bond donors (Lipinski definition) is 0. The molecule has 0 N–H and O–H groups in total. The number of esters is 1. The summed E-state index contributed by atoms with van der Waals surface area (Å²) in [5, 5.41) is 0. The minimum atomic E-state index is -0.713. The summed E-state index contributed by atoms with van der Waals surface area (Å²) in [6.45, 7) is 12.1. The topological polar surface area (TPSA) is 86.1 Å². The molecule has 0 radical (unpaired) electrons. The van der Waals surface area contributed by atoms with Crippen LogP contribution in [0.15, 0.2) is 35.2 Å². The fourth-order valence-corrected chi connectivity index (χ4v) is 9.55. The summed E-state index contributed by atoms with van der Waals surface area (Å²) in [4.78, 5) is 39.0. The van der Waals surface area contributed by atoms with Gasteiger partial charge in [0.15, 0.2) is 11.6 Å². The lowest BCUT2D eigenvalue weighted by Crippen LogP contribution is -2.70. The molecule has 5 aliphatic rings. The van der Waals surface area contributed by atoms with Gasteiger partial charge in [-0.15, -0.1) is 0 Å². The lowest BCUT2D eigenvalue weighted by atomic mass is 9.36. The molecule has 6 rings (SSSR count). The fourth-order valence-electron chi connectivity index (χ4n) is 9.55. The minimum Gasteiger partial charge on any atom is -0.472 e. The van der Waals surface area contributed by atoms with E-state index in [4.69, 9.17) is 13.9 Å². The number of ketones is 2. The Balaban J connectivity index is 1.54. The first kappa shape index (κ1) is 22.3. The summed E-state index contributed by atoms with van der Waals surface area (Å²) in [6, 6.07) is 1.89. The first-order valence-electron chi connectivity index (χ1n) is 12.5. The standard InChI is InChI=1S/C28H34O6/c1-15(29)33-20-13-18-24(2,3)19(30)8-10-25(18,4)17-7-11-26(5)21(16-9-12-32-14-16)22(31)23-28(26,34-23)27(17,20)6/h8-10,12,14,17-18,20-21,23H,7,11,13H2,1-6H3/t17-,18+,20-,21-,23-,25-,26+,27+,28?/m1/s1. The average Bonchev–Trinajstić information content (AvgIpc) is 3.24. The molecule has 0 bridgehead atoms. The summed E-state index contributed by atoms with van der Waals surface area (Å²) in [5.41, 5.74) is -1.65. The highest BCUT2D eigenvalue weighted by molar-refractivity contribution is 5.99. The largest absolute Gasteiger partial charge is 0.472 e. The zero-order valence-corrected chi connectivity index (χ0v) is 20.8. The molecule has 2 heterocycles. The SMILES string of the molecule is CC(=O)O[C@@H]1C[C@H]2C(C)(C)C(=O)C=C[C@]2(C)[C@H]2CC[C@@]3(C)[C@H](c4ccoc4)C(=O)[C@H]4OC43[C@@]21C. The van der Waals surface area contributed by atoms with Crippen molar-refractivity contribution in [1.82, 2.24) is 0 Å². The zero-order chi connectivity index (χ0) is 24.5. The van der Waals surface area contributed by atoms with Gasteiger partial charge in [0.05, 0.1) is 18.4 Å². The van der Waals surface area contributed by atoms with Crippen molar-refractivity contribution >= 4 is 17.5 Å². The first-order valence-corrected chi connectivity index (χ1v) is 12.5. The van der Waals surface area contributed by atoms with Crippen molar-refractivity contribution in [1.29, 1.82) is 0 Å². The Morgan fingerprint density at radius 3 is 2.50 bits per heavy atom. The summed E-state index contributed by atoms with van der Waals surface area (Å²) < 4.78 is 18.0. The van der Waals surface area contributed by atoms with Gasteiger partial charge in [-0.05, 0) is 48.7 Å². The quantitative estimate of drug-likeness (QED) is 0.467. The number of ether oxygens (including phenoxy) is 2. The van der Waals surface area contributed by atoms with Gasteiger partial charge in [0.1, 0.15) is 17.8 Å². The van der Waals surface area contributed by atoms with Gasteiger partial charge in [-0.25, -0.2) is 0 Å². The average molecular weight is 467 g/mol. The monoisotopic (exact) mass is 466 g/mol. The highest BCUT2D eigenvalue weighted by Crippen LogP contribution is 2.81. The van der Waals surface area contributed by atoms with Crippen molar-refractivity contribution in [3.8, 4) is 0 Å². The van der Waals surface area contributed by atoms with Crippen molar-refractivity contribution in [2.24, 2.45) is 33.5 Å². The van der Waals surface area contributed by atoms with Crippen LogP contribution in [-0.2, 0) is 23.9 Å². The van der Waals surface area contributed by atoms with E-state index in [1.165, 1.54) is 6.92 Å². The van der Waals surface area contributed by atoms with Crippen LogP contribution >= 0.6 is 0 Å². The highest BCUT2D eigenvalue weighted by Gasteiger charge is 2.89. The summed E-state index contributed by atoms with van der Waals surface area (Å²) >= 11 is 0. The van der Waals surface area contributed by atoms with Crippen molar-refractivity contribution in [2.75, 3.05) is 0 Å². The molecule has 9 atom stereocenters. The maximum atomic E-state index is 13.7. The number of carbonyl (C=O) groups is 3. The third kappa shape index (κ3) is 2.21. The normalized spacial score (nSPS) is 50.1. The molecule has 1 saturated heterocycles. The van der Waals surface area contributed by atoms with Gasteiger partial charge in [0, 0.05) is 28.7 Å². The molecule has 34 heavy (non-hydrogen) atoms. The molecule has 3 saturated carbocycles. The van der Waals surface area contributed by atoms with Crippen LogP contribution < -0.4 is 0 Å². The molecule has 0 amide bonds. The second kappa shape index (κ2) is 6.31. The highest BCUT2D eigenvalue weighted by atomic mass is 16.6. The van der Waals surface area contributed by atoms with Crippen molar-refractivity contribution in [3.05, 3.63) is 36.3 Å². The van der Waals surface area contributed by atoms with Crippen LogP contribution in [0.5, 0.6) is 0 Å². The van der Waals surface area contributed by atoms with Gasteiger partial charge < -0.3 is 13.9 Å². The lowest BCUT2D eigenvalue weighted by molar-refractivity contribution is -0.232. The number of Topliss-reactive ketones (excluding diaryl/α,β-unsaturated/α-hetero) is 1. The Hall–Kier alpha value is -2.21. The molecule has 1 spiro atoms. The number of hydrogen-bond acceptors (Lipinski definition) is 6. The molecular weight excluding hydrogens is 432 g/mol. The minimum absolute atomic E-state index is 0.0275. The predicted octanol–water partition coefficient (Wildman–Crippen LogP) is 4.63. The van der Waals surface area contributed by atoms with Crippen LogP contribution in [0.25, 0.3) is 0 Å². The molecule has 4 fully saturated rings.